The Morgan fingerprint density at radius 2 is 1.68 bits per heavy atom. The molecule has 0 spiro atoms. The lowest BCUT2D eigenvalue weighted by atomic mass is 9.99. The molecule has 0 radical (unpaired) electrons. The van der Waals surface area contributed by atoms with E-state index < -0.39 is 6.04 Å². The van der Waals surface area contributed by atoms with E-state index in [1.165, 1.54) is 11.1 Å². The third kappa shape index (κ3) is 7.93. The van der Waals surface area contributed by atoms with E-state index in [1.54, 1.807) is 19.2 Å². The number of rotatable bonds is 11. The molecular weight excluding hydrogens is 512 g/mol. The summed E-state index contributed by atoms with van der Waals surface area (Å²) >= 11 is 0. The number of hydrogen-bond donors (Lipinski definition) is 3. The number of nitrogens with zero attached hydrogens (tertiary/aromatic N) is 1. The minimum atomic E-state index is -0.421. The molecule has 210 valence electrons. The van der Waals surface area contributed by atoms with Crippen LogP contribution < -0.4 is 16.0 Å². The average molecular weight is 549 g/mol. The Morgan fingerprint density at radius 3 is 2.37 bits per heavy atom. The third-order valence-electron chi connectivity index (χ3n) is 7.20. The molecule has 1 aromatic heterocycles. The molecule has 4 rings (SSSR count). The van der Waals surface area contributed by atoms with Crippen molar-refractivity contribution in [3.8, 4) is 17.4 Å². The van der Waals surface area contributed by atoms with Crippen LogP contribution in [0.3, 0.4) is 0 Å². The van der Waals surface area contributed by atoms with Crippen molar-refractivity contribution in [3.05, 3.63) is 118 Å². The minimum Gasteiger partial charge on any atom is -0.460 e. The van der Waals surface area contributed by atoms with Gasteiger partial charge in [0.05, 0.1) is 18.2 Å². The van der Waals surface area contributed by atoms with Crippen LogP contribution in [0.5, 0.6) is 0 Å². The zero-order chi connectivity index (χ0) is 29.4. The lowest BCUT2D eigenvalue weighted by Crippen LogP contribution is -2.40. The van der Waals surface area contributed by atoms with Crippen molar-refractivity contribution in [2.45, 2.75) is 52.2 Å². The van der Waals surface area contributed by atoms with Crippen LogP contribution in [0.1, 0.15) is 63.3 Å². The molecule has 0 saturated carbocycles. The molecule has 0 aliphatic heterocycles. The largest absolute Gasteiger partial charge is 0.460 e. The number of amides is 2. The van der Waals surface area contributed by atoms with Gasteiger partial charge in [0.25, 0.3) is 5.91 Å². The first-order valence-electron chi connectivity index (χ1n) is 13.8. The molecule has 1 heterocycles. The molecule has 0 aliphatic carbocycles. The molecule has 0 bridgehead atoms. The molecule has 2 amide bonds. The maximum Gasteiger partial charge on any atom is 0.251 e. The first-order valence-corrected chi connectivity index (χ1v) is 13.8. The van der Waals surface area contributed by atoms with Crippen molar-refractivity contribution in [1.82, 2.24) is 16.0 Å². The Kier molecular flexibility index (Phi) is 9.73. The number of nitrogens with one attached hydrogen (secondary N) is 3. The fourth-order valence-electron chi connectivity index (χ4n) is 4.64. The SMILES string of the molecule is CNC(=O)C[C@@H](Cc1ccc(C#N)cc1)NC(=O)c1cc(-c2ccc(CN[C@H](C)c3ccc(C)cc3)o2)ccc1C. The quantitative estimate of drug-likeness (QED) is 0.221. The first kappa shape index (κ1) is 29.3. The molecule has 3 N–H and O–H groups in total. The van der Waals surface area contributed by atoms with Crippen LogP contribution in [0.15, 0.2) is 83.3 Å². The van der Waals surface area contributed by atoms with Crippen molar-refractivity contribution in [2.24, 2.45) is 0 Å². The Morgan fingerprint density at radius 1 is 0.951 bits per heavy atom. The van der Waals surface area contributed by atoms with Gasteiger partial charge in [0.15, 0.2) is 0 Å². The number of benzene rings is 3. The highest BCUT2D eigenvalue weighted by Crippen LogP contribution is 2.26. The van der Waals surface area contributed by atoms with Crippen LogP contribution in [-0.2, 0) is 17.8 Å². The van der Waals surface area contributed by atoms with Crippen LogP contribution in [0, 0.1) is 25.2 Å². The summed E-state index contributed by atoms with van der Waals surface area (Å²) in [6.07, 6.45) is 0.593. The zero-order valence-electron chi connectivity index (χ0n) is 24.0. The number of furan rings is 1. The highest BCUT2D eigenvalue weighted by molar-refractivity contribution is 5.97. The molecule has 2 atom stereocenters. The van der Waals surface area contributed by atoms with Gasteiger partial charge in [-0.3, -0.25) is 9.59 Å². The fraction of sp³-hybridized carbons (Fsp3) is 0.265. The van der Waals surface area contributed by atoms with Crippen LogP contribution in [0.2, 0.25) is 0 Å². The van der Waals surface area contributed by atoms with E-state index in [1.807, 2.05) is 49.4 Å². The Labute approximate surface area is 241 Å². The second kappa shape index (κ2) is 13.6. The maximum absolute atomic E-state index is 13.4. The van der Waals surface area contributed by atoms with Crippen LogP contribution in [0.25, 0.3) is 11.3 Å². The van der Waals surface area contributed by atoms with E-state index in [-0.39, 0.29) is 24.3 Å². The molecule has 7 nitrogen and oxygen atoms in total. The van der Waals surface area contributed by atoms with Crippen molar-refractivity contribution in [3.63, 3.8) is 0 Å². The summed E-state index contributed by atoms with van der Waals surface area (Å²) in [5.41, 5.74) is 6.08. The van der Waals surface area contributed by atoms with E-state index in [0.717, 1.165) is 22.5 Å². The molecule has 0 aliphatic rings. The van der Waals surface area contributed by atoms with Crippen molar-refractivity contribution in [2.75, 3.05) is 7.05 Å². The van der Waals surface area contributed by atoms with Gasteiger partial charge in [-0.25, -0.2) is 0 Å². The second-order valence-electron chi connectivity index (χ2n) is 10.4. The van der Waals surface area contributed by atoms with Gasteiger partial charge in [-0.05, 0) is 74.2 Å². The Bertz CT molecular complexity index is 1530. The first-order chi connectivity index (χ1) is 19.7. The van der Waals surface area contributed by atoms with Gasteiger partial charge in [-0.15, -0.1) is 0 Å². The molecule has 7 heteroatoms. The molecule has 0 saturated heterocycles. The number of carbonyl (C=O) groups is 2. The number of hydrogen-bond acceptors (Lipinski definition) is 5. The summed E-state index contributed by atoms with van der Waals surface area (Å²) in [6, 6.07) is 27.0. The van der Waals surface area contributed by atoms with Gasteiger partial charge in [0.2, 0.25) is 5.91 Å². The highest BCUT2D eigenvalue weighted by Gasteiger charge is 2.20. The van der Waals surface area contributed by atoms with Crippen LogP contribution >= 0.6 is 0 Å². The van der Waals surface area contributed by atoms with Crippen molar-refractivity contribution in [1.29, 1.82) is 5.26 Å². The molecule has 4 aromatic rings. The summed E-state index contributed by atoms with van der Waals surface area (Å²) in [5, 5.41) is 18.2. The minimum absolute atomic E-state index is 0.135. The van der Waals surface area contributed by atoms with Gasteiger partial charge in [-0.2, -0.15) is 5.26 Å². The zero-order valence-corrected chi connectivity index (χ0v) is 24.0. The van der Waals surface area contributed by atoms with Gasteiger partial charge < -0.3 is 20.4 Å². The fourth-order valence-corrected chi connectivity index (χ4v) is 4.64. The predicted molar refractivity (Wildman–Crippen MR) is 160 cm³/mol. The normalized spacial score (nSPS) is 12.3. The topological polar surface area (TPSA) is 107 Å². The third-order valence-corrected chi connectivity index (χ3v) is 7.20. The number of carbonyl (C=O) groups excluding carboxylic acids is 2. The van der Waals surface area contributed by atoms with E-state index in [4.69, 9.17) is 9.68 Å². The second-order valence-corrected chi connectivity index (χ2v) is 10.4. The summed E-state index contributed by atoms with van der Waals surface area (Å²) in [5.74, 6) is 1.06. The highest BCUT2D eigenvalue weighted by atomic mass is 16.3. The van der Waals surface area contributed by atoms with Gasteiger partial charge >= 0.3 is 0 Å². The maximum atomic E-state index is 13.4. The molecule has 3 aromatic carbocycles. The van der Waals surface area contributed by atoms with Gasteiger partial charge in [0, 0.05) is 36.7 Å². The summed E-state index contributed by atoms with van der Waals surface area (Å²) in [4.78, 5) is 25.6. The predicted octanol–water partition coefficient (Wildman–Crippen LogP) is 5.76. The smallest absolute Gasteiger partial charge is 0.251 e. The number of nitriles is 1. The number of aryl methyl sites for hydroxylation is 2. The standard InChI is InChI=1S/C34H36N4O3/c1-22-5-12-27(13-6-22)24(3)37-21-30-15-16-32(41-30)28-14-7-23(2)31(18-28)34(40)38-29(19-33(39)36-4)17-25-8-10-26(20-35)11-9-25/h5-16,18,24,29,37H,17,19,21H2,1-4H3,(H,36,39)(H,38,40)/t24-,29-/m1/s1. The van der Waals surface area contributed by atoms with Gasteiger partial charge in [0.1, 0.15) is 11.5 Å². The van der Waals surface area contributed by atoms with E-state index >= 15 is 0 Å². The van der Waals surface area contributed by atoms with Crippen LogP contribution in [-0.4, -0.2) is 24.9 Å². The van der Waals surface area contributed by atoms with E-state index in [0.29, 0.717) is 29.9 Å². The van der Waals surface area contributed by atoms with E-state index in [2.05, 4.69) is 60.1 Å². The average Bonchev–Trinajstić information content (AvgIpc) is 3.46. The summed E-state index contributed by atoms with van der Waals surface area (Å²) < 4.78 is 6.13. The molecule has 0 unspecified atom stereocenters. The van der Waals surface area contributed by atoms with Gasteiger partial charge in [-0.1, -0.05) is 54.1 Å². The lowest BCUT2D eigenvalue weighted by molar-refractivity contribution is -0.121. The van der Waals surface area contributed by atoms with Crippen molar-refractivity contribution < 1.29 is 14.0 Å². The summed E-state index contributed by atoms with van der Waals surface area (Å²) in [6.45, 7) is 6.66. The van der Waals surface area contributed by atoms with Crippen molar-refractivity contribution >= 4 is 11.8 Å². The molecule has 0 fully saturated rings. The van der Waals surface area contributed by atoms with Crippen LogP contribution in [0.4, 0.5) is 0 Å². The Hall–Kier alpha value is -4.67. The lowest BCUT2D eigenvalue weighted by Gasteiger charge is -2.19. The Balaban J connectivity index is 1.45. The summed E-state index contributed by atoms with van der Waals surface area (Å²) in [7, 11) is 1.58. The monoisotopic (exact) mass is 548 g/mol. The molecular formula is C34H36N4O3. The van der Waals surface area contributed by atoms with E-state index in [9.17, 15) is 9.59 Å². The molecule has 41 heavy (non-hydrogen) atoms.